The highest BCUT2D eigenvalue weighted by Crippen LogP contribution is 2.23. The first-order valence-electron chi connectivity index (χ1n) is 8.34. The molecule has 0 spiro atoms. The second kappa shape index (κ2) is 8.44. The van der Waals surface area contributed by atoms with Crippen LogP contribution in [0.5, 0.6) is 0 Å². The standard InChI is InChI=1S/C18H20ClFN4O2/c19-14-3-1-13(2-4-14)16(12-25)23-7-9-24(10-8-23)18(26)22-17-6-5-15(20)11-21-17/h1-6,11,16,25H,7-10,12H2,(H,21,22,26). The van der Waals surface area contributed by atoms with E-state index in [-0.39, 0.29) is 18.7 Å². The molecule has 1 saturated heterocycles. The SMILES string of the molecule is O=C(Nc1ccc(F)cn1)N1CCN(C(CO)c2ccc(Cl)cc2)CC1. The van der Waals surface area contributed by atoms with Crippen LogP contribution in [-0.2, 0) is 0 Å². The molecule has 0 aliphatic carbocycles. The molecule has 2 heterocycles. The second-order valence-corrected chi connectivity index (χ2v) is 6.50. The molecule has 1 atom stereocenters. The Hall–Kier alpha value is -2.22. The molecule has 8 heteroatoms. The largest absolute Gasteiger partial charge is 0.394 e. The van der Waals surface area contributed by atoms with Crippen molar-refractivity contribution in [2.45, 2.75) is 6.04 Å². The molecule has 2 aromatic rings. The first-order chi connectivity index (χ1) is 12.6. The van der Waals surface area contributed by atoms with Crippen LogP contribution in [0.4, 0.5) is 15.0 Å². The fourth-order valence-corrected chi connectivity index (χ4v) is 3.12. The topological polar surface area (TPSA) is 68.7 Å². The minimum Gasteiger partial charge on any atom is -0.394 e. The number of rotatable bonds is 4. The van der Waals surface area contributed by atoms with Gasteiger partial charge in [0.1, 0.15) is 11.6 Å². The smallest absolute Gasteiger partial charge is 0.323 e. The number of pyridine rings is 1. The summed E-state index contributed by atoms with van der Waals surface area (Å²) in [7, 11) is 0. The number of benzene rings is 1. The van der Waals surface area contributed by atoms with Crippen molar-refractivity contribution in [1.82, 2.24) is 14.8 Å². The van der Waals surface area contributed by atoms with Gasteiger partial charge in [-0.15, -0.1) is 0 Å². The van der Waals surface area contributed by atoms with Crippen LogP contribution < -0.4 is 5.32 Å². The minimum absolute atomic E-state index is 0.00662. The summed E-state index contributed by atoms with van der Waals surface area (Å²) in [5.74, 6) is -0.137. The third kappa shape index (κ3) is 4.49. The van der Waals surface area contributed by atoms with Gasteiger partial charge in [0.2, 0.25) is 0 Å². The molecule has 26 heavy (non-hydrogen) atoms. The molecule has 1 aromatic carbocycles. The maximum Gasteiger partial charge on any atom is 0.323 e. The molecule has 1 fully saturated rings. The zero-order valence-electron chi connectivity index (χ0n) is 14.1. The Morgan fingerprint density at radius 3 is 2.46 bits per heavy atom. The van der Waals surface area contributed by atoms with Crippen molar-refractivity contribution in [3.63, 3.8) is 0 Å². The van der Waals surface area contributed by atoms with Crippen LogP contribution in [-0.4, -0.2) is 58.7 Å². The highest BCUT2D eigenvalue weighted by atomic mass is 35.5. The molecule has 0 bridgehead atoms. The number of carbonyl (C=O) groups is 1. The summed E-state index contributed by atoms with van der Waals surface area (Å²) < 4.78 is 12.9. The Morgan fingerprint density at radius 1 is 1.19 bits per heavy atom. The fraction of sp³-hybridized carbons (Fsp3) is 0.333. The molecule has 3 rings (SSSR count). The van der Waals surface area contributed by atoms with E-state index in [1.807, 2.05) is 12.1 Å². The summed E-state index contributed by atoms with van der Waals surface area (Å²) in [5, 5.41) is 13.1. The average molecular weight is 379 g/mol. The summed E-state index contributed by atoms with van der Waals surface area (Å²) >= 11 is 5.92. The van der Waals surface area contributed by atoms with Gasteiger partial charge in [0.15, 0.2) is 0 Å². The lowest BCUT2D eigenvalue weighted by Crippen LogP contribution is -2.51. The van der Waals surface area contributed by atoms with Crippen LogP contribution in [0.3, 0.4) is 0 Å². The number of carbonyl (C=O) groups excluding carboxylic acids is 1. The molecule has 0 saturated carbocycles. The number of nitrogens with one attached hydrogen (secondary N) is 1. The van der Waals surface area contributed by atoms with Gasteiger partial charge in [-0.05, 0) is 29.8 Å². The van der Waals surface area contributed by atoms with Crippen molar-refractivity contribution in [3.8, 4) is 0 Å². The van der Waals surface area contributed by atoms with E-state index in [1.165, 1.54) is 12.1 Å². The normalized spacial score (nSPS) is 16.3. The predicted octanol–water partition coefficient (Wildman–Crippen LogP) is 2.76. The lowest BCUT2D eigenvalue weighted by Gasteiger charge is -2.38. The van der Waals surface area contributed by atoms with E-state index < -0.39 is 5.82 Å². The van der Waals surface area contributed by atoms with Gasteiger partial charge < -0.3 is 10.0 Å². The van der Waals surface area contributed by atoms with Gasteiger partial charge in [-0.1, -0.05) is 23.7 Å². The van der Waals surface area contributed by atoms with Gasteiger partial charge in [0.05, 0.1) is 18.8 Å². The summed E-state index contributed by atoms with van der Waals surface area (Å²) in [6.45, 7) is 2.32. The van der Waals surface area contributed by atoms with E-state index in [0.29, 0.717) is 37.0 Å². The number of hydrogen-bond donors (Lipinski definition) is 2. The molecule has 138 valence electrons. The molecule has 2 amide bonds. The second-order valence-electron chi connectivity index (χ2n) is 6.06. The van der Waals surface area contributed by atoms with Crippen LogP contribution in [0.25, 0.3) is 0 Å². The molecule has 6 nitrogen and oxygen atoms in total. The van der Waals surface area contributed by atoms with Gasteiger partial charge in [-0.25, -0.2) is 14.2 Å². The maximum absolute atomic E-state index is 12.9. The summed E-state index contributed by atoms with van der Waals surface area (Å²) in [6, 6.07) is 9.69. The number of aromatic nitrogens is 1. The molecule has 1 aliphatic heterocycles. The van der Waals surface area contributed by atoms with E-state index in [1.54, 1.807) is 17.0 Å². The number of aliphatic hydroxyl groups is 1. The van der Waals surface area contributed by atoms with Crippen molar-refractivity contribution in [1.29, 1.82) is 0 Å². The van der Waals surface area contributed by atoms with Crippen LogP contribution in [0.1, 0.15) is 11.6 Å². The Morgan fingerprint density at radius 2 is 1.88 bits per heavy atom. The molecule has 1 aromatic heterocycles. The first kappa shape index (κ1) is 18.6. The molecule has 0 radical (unpaired) electrons. The summed E-state index contributed by atoms with van der Waals surface area (Å²) in [5.41, 5.74) is 0.991. The number of halogens is 2. The number of nitrogens with zero attached hydrogens (tertiary/aromatic N) is 3. The quantitative estimate of drug-likeness (QED) is 0.858. The Kier molecular flexibility index (Phi) is 6.03. The van der Waals surface area contributed by atoms with Crippen LogP contribution in [0, 0.1) is 5.82 Å². The van der Waals surface area contributed by atoms with E-state index in [0.717, 1.165) is 11.8 Å². The predicted molar refractivity (Wildman–Crippen MR) is 97.6 cm³/mol. The Balaban J connectivity index is 1.56. The van der Waals surface area contributed by atoms with Gasteiger partial charge in [0, 0.05) is 31.2 Å². The Bertz CT molecular complexity index is 734. The van der Waals surface area contributed by atoms with Gasteiger partial charge in [-0.3, -0.25) is 10.2 Å². The summed E-state index contributed by atoms with van der Waals surface area (Å²) in [6.07, 6.45) is 1.06. The number of anilines is 1. The average Bonchev–Trinajstić information content (AvgIpc) is 2.66. The van der Waals surface area contributed by atoms with Crippen LogP contribution in [0.15, 0.2) is 42.6 Å². The van der Waals surface area contributed by atoms with Gasteiger partial charge in [0.25, 0.3) is 0 Å². The molecular weight excluding hydrogens is 359 g/mol. The number of amides is 2. The van der Waals surface area contributed by atoms with Crippen molar-refractivity contribution < 1.29 is 14.3 Å². The lowest BCUT2D eigenvalue weighted by molar-refractivity contribution is 0.0783. The van der Waals surface area contributed by atoms with Crippen molar-refractivity contribution in [3.05, 3.63) is 59.0 Å². The highest BCUT2D eigenvalue weighted by Gasteiger charge is 2.26. The fourth-order valence-electron chi connectivity index (χ4n) is 2.99. The number of urea groups is 1. The third-order valence-corrected chi connectivity index (χ3v) is 4.68. The lowest BCUT2D eigenvalue weighted by atomic mass is 10.1. The van der Waals surface area contributed by atoms with E-state index >= 15 is 0 Å². The monoisotopic (exact) mass is 378 g/mol. The number of piperazine rings is 1. The third-order valence-electron chi connectivity index (χ3n) is 4.43. The van der Waals surface area contributed by atoms with Crippen LogP contribution in [0.2, 0.25) is 5.02 Å². The molecule has 1 unspecified atom stereocenters. The molecular formula is C18H20ClFN4O2. The minimum atomic E-state index is -0.450. The van der Waals surface area contributed by atoms with E-state index in [9.17, 15) is 14.3 Å². The zero-order chi connectivity index (χ0) is 18.5. The molecule has 2 N–H and O–H groups in total. The number of hydrogen-bond acceptors (Lipinski definition) is 4. The summed E-state index contributed by atoms with van der Waals surface area (Å²) in [4.78, 5) is 20.0. The molecule has 1 aliphatic rings. The van der Waals surface area contributed by atoms with Crippen molar-refractivity contribution >= 4 is 23.4 Å². The van der Waals surface area contributed by atoms with Gasteiger partial charge in [-0.2, -0.15) is 0 Å². The first-order valence-corrected chi connectivity index (χ1v) is 8.72. The van der Waals surface area contributed by atoms with Crippen molar-refractivity contribution in [2.24, 2.45) is 0 Å². The number of aliphatic hydroxyl groups excluding tert-OH is 1. The zero-order valence-corrected chi connectivity index (χ0v) is 14.9. The van der Waals surface area contributed by atoms with Crippen molar-refractivity contribution in [2.75, 3.05) is 38.1 Å². The van der Waals surface area contributed by atoms with Crippen LogP contribution >= 0.6 is 11.6 Å². The van der Waals surface area contributed by atoms with E-state index in [2.05, 4.69) is 15.2 Å². The maximum atomic E-state index is 12.9. The van der Waals surface area contributed by atoms with Gasteiger partial charge >= 0.3 is 6.03 Å². The highest BCUT2D eigenvalue weighted by molar-refractivity contribution is 6.30. The Labute approximate surface area is 156 Å². The van der Waals surface area contributed by atoms with E-state index in [4.69, 9.17) is 11.6 Å².